The van der Waals surface area contributed by atoms with E-state index < -0.39 is 0 Å². The highest BCUT2D eigenvalue weighted by Crippen LogP contribution is 2.31. The summed E-state index contributed by atoms with van der Waals surface area (Å²) in [7, 11) is 3.11. The molecule has 0 fully saturated rings. The SMILES string of the molecule is COc1ccc(NC(=O)COc2cc(C)c(Br)c(C)c2C)cc1OC. The van der Waals surface area contributed by atoms with Crippen LogP contribution in [0.25, 0.3) is 0 Å². The lowest BCUT2D eigenvalue weighted by atomic mass is 10.1. The minimum Gasteiger partial charge on any atom is -0.493 e. The summed E-state index contributed by atoms with van der Waals surface area (Å²) in [6.45, 7) is 5.91. The molecule has 0 aliphatic heterocycles. The number of benzene rings is 2. The first-order valence-electron chi connectivity index (χ1n) is 7.78. The molecule has 0 radical (unpaired) electrons. The highest BCUT2D eigenvalue weighted by atomic mass is 79.9. The number of hydrogen-bond donors (Lipinski definition) is 1. The van der Waals surface area contributed by atoms with Gasteiger partial charge in [-0.2, -0.15) is 0 Å². The molecule has 0 atom stereocenters. The van der Waals surface area contributed by atoms with E-state index in [9.17, 15) is 4.79 Å². The third-order valence-corrected chi connectivity index (χ3v) is 5.20. The Bertz CT molecular complexity index is 789. The van der Waals surface area contributed by atoms with Crippen LogP contribution in [0.2, 0.25) is 0 Å². The Morgan fingerprint density at radius 2 is 1.68 bits per heavy atom. The molecule has 0 heterocycles. The normalized spacial score (nSPS) is 10.3. The molecule has 2 aromatic carbocycles. The number of carbonyl (C=O) groups excluding carboxylic acids is 1. The number of methoxy groups -OCH3 is 2. The zero-order chi connectivity index (χ0) is 18.6. The molecule has 0 aromatic heterocycles. The van der Waals surface area contributed by atoms with E-state index in [1.54, 1.807) is 32.4 Å². The third-order valence-electron chi connectivity index (χ3n) is 3.98. The van der Waals surface area contributed by atoms with Gasteiger partial charge in [0.05, 0.1) is 14.2 Å². The lowest BCUT2D eigenvalue weighted by Gasteiger charge is -2.15. The Morgan fingerprint density at radius 1 is 1.00 bits per heavy atom. The topological polar surface area (TPSA) is 56.8 Å². The number of rotatable bonds is 6. The van der Waals surface area contributed by atoms with Crippen molar-refractivity contribution in [2.45, 2.75) is 20.8 Å². The van der Waals surface area contributed by atoms with Gasteiger partial charge < -0.3 is 19.5 Å². The highest BCUT2D eigenvalue weighted by molar-refractivity contribution is 9.10. The molecular formula is C19H22BrNO4. The van der Waals surface area contributed by atoms with E-state index >= 15 is 0 Å². The van der Waals surface area contributed by atoms with Gasteiger partial charge in [-0.05, 0) is 55.7 Å². The number of aryl methyl sites for hydroxylation is 1. The Hall–Kier alpha value is -2.21. The molecule has 6 heteroatoms. The van der Waals surface area contributed by atoms with Crippen molar-refractivity contribution in [1.82, 2.24) is 0 Å². The molecular weight excluding hydrogens is 386 g/mol. The Morgan fingerprint density at radius 3 is 2.32 bits per heavy atom. The second kappa shape index (κ2) is 8.25. The summed E-state index contributed by atoms with van der Waals surface area (Å²) < 4.78 is 17.2. The number of carbonyl (C=O) groups is 1. The predicted molar refractivity (Wildman–Crippen MR) is 102 cm³/mol. The molecule has 0 bridgehead atoms. The van der Waals surface area contributed by atoms with Crippen molar-refractivity contribution in [2.75, 3.05) is 26.1 Å². The first-order valence-corrected chi connectivity index (χ1v) is 8.57. The minimum absolute atomic E-state index is 0.0737. The van der Waals surface area contributed by atoms with Crippen molar-refractivity contribution in [3.05, 3.63) is 45.4 Å². The maximum atomic E-state index is 12.2. The van der Waals surface area contributed by atoms with Gasteiger partial charge in [-0.3, -0.25) is 4.79 Å². The van der Waals surface area contributed by atoms with E-state index in [4.69, 9.17) is 14.2 Å². The Labute approximate surface area is 156 Å². The van der Waals surface area contributed by atoms with Crippen LogP contribution in [0.15, 0.2) is 28.7 Å². The average Bonchev–Trinajstić information content (AvgIpc) is 2.61. The zero-order valence-corrected chi connectivity index (χ0v) is 16.6. The maximum Gasteiger partial charge on any atom is 0.262 e. The second-order valence-electron chi connectivity index (χ2n) is 5.66. The standard InChI is InChI=1S/C19H22BrNO4/c1-11-8-16(12(2)13(3)19(11)20)25-10-18(22)21-14-6-7-15(23-4)17(9-14)24-5/h6-9H,10H2,1-5H3,(H,21,22). The van der Waals surface area contributed by atoms with Crippen LogP contribution in [0.1, 0.15) is 16.7 Å². The van der Waals surface area contributed by atoms with Gasteiger partial charge in [0.1, 0.15) is 5.75 Å². The lowest BCUT2D eigenvalue weighted by molar-refractivity contribution is -0.118. The van der Waals surface area contributed by atoms with E-state index in [0.717, 1.165) is 21.2 Å². The molecule has 2 aromatic rings. The van der Waals surface area contributed by atoms with Crippen molar-refractivity contribution in [3.63, 3.8) is 0 Å². The van der Waals surface area contributed by atoms with Crippen molar-refractivity contribution in [3.8, 4) is 17.2 Å². The summed E-state index contributed by atoms with van der Waals surface area (Å²) in [6.07, 6.45) is 0. The molecule has 0 saturated carbocycles. The van der Waals surface area contributed by atoms with Crippen LogP contribution < -0.4 is 19.5 Å². The molecule has 0 aliphatic carbocycles. The first-order chi connectivity index (χ1) is 11.9. The fourth-order valence-electron chi connectivity index (χ4n) is 2.42. The number of amides is 1. The van der Waals surface area contributed by atoms with Gasteiger partial charge in [0.25, 0.3) is 5.91 Å². The fourth-order valence-corrected chi connectivity index (χ4v) is 2.83. The van der Waals surface area contributed by atoms with E-state index in [1.165, 1.54) is 0 Å². The van der Waals surface area contributed by atoms with Gasteiger partial charge in [-0.15, -0.1) is 0 Å². The largest absolute Gasteiger partial charge is 0.493 e. The van der Waals surface area contributed by atoms with E-state index in [2.05, 4.69) is 21.2 Å². The summed E-state index contributed by atoms with van der Waals surface area (Å²) in [5, 5.41) is 2.79. The fraction of sp³-hybridized carbons (Fsp3) is 0.316. The predicted octanol–water partition coefficient (Wildman–Crippen LogP) is 4.41. The second-order valence-corrected chi connectivity index (χ2v) is 6.46. The molecule has 0 spiro atoms. The quantitative estimate of drug-likeness (QED) is 0.770. The van der Waals surface area contributed by atoms with Crippen LogP contribution in [0.4, 0.5) is 5.69 Å². The third kappa shape index (κ3) is 4.45. The zero-order valence-electron chi connectivity index (χ0n) is 15.0. The van der Waals surface area contributed by atoms with Gasteiger partial charge in [0.15, 0.2) is 18.1 Å². The number of anilines is 1. The van der Waals surface area contributed by atoms with Gasteiger partial charge >= 0.3 is 0 Å². The molecule has 0 saturated heterocycles. The monoisotopic (exact) mass is 407 g/mol. The summed E-state index contributed by atoms with van der Waals surface area (Å²) in [4.78, 5) is 12.2. The van der Waals surface area contributed by atoms with Crippen LogP contribution >= 0.6 is 15.9 Å². The smallest absolute Gasteiger partial charge is 0.262 e. The van der Waals surface area contributed by atoms with Crippen molar-refractivity contribution in [1.29, 1.82) is 0 Å². The summed E-state index contributed by atoms with van der Waals surface area (Å²) in [5.74, 6) is 1.62. The summed E-state index contributed by atoms with van der Waals surface area (Å²) in [6, 6.07) is 7.12. The number of hydrogen-bond acceptors (Lipinski definition) is 4. The summed E-state index contributed by atoms with van der Waals surface area (Å²) in [5.41, 5.74) is 3.80. The molecule has 0 unspecified atom stereocenters. The number of halogens is 1. The van der Waals surface area contributed by atoms with E-state index in [0.29, 0.717) is 22.9 Å². The molecule has 134 valence electrons. The molecule has 2 rings (SSSR count). The Balaban J connectivity index is 2.04. The molecule has 1 N–H and O–H groups in total. The lowest BCUT2D eigenvalue weighted by Crippen LogP contribution is -2.20. The first kappa shape index (κ1) is 19.1. The van der Waals surface area contributed by atoms with Gasteiger partial charge in [-0.25, -0.2) is 0 Å². The van der Waals surface area contributed by atoms with Crippen LogP contribution in [0.5, 0.6) is 17.2 Å². The van der Waals surface area contributed by atoms with Gasteiger partial charge in [0, 0.05) is 16.2 Å². The van der Waals surface area contributed by atoms with Crippen molar-refractivity contribution < 1.29 is 19.0 Å². The van der Waals surface area contributed by atoms with E-state index in [1.807, 2.05) is 26.8 Å². The Kier molecular flexibility index (Phi) is 6.31. The summed E-state index contributed by atoms with van der Waals surface area (Å²) >= 11 is 3.56. The van der Waals surface area contributed by atoms with Crippen LogP contribution in [0, 0.1) is 20.8 Å². The van der Waals surface area contributed by atoms with Crippen LogP contribution in [-0.4, -0.2) is 26.7 Å². The van der Waals surface area contributed by atoms with E-state index in [-0.39, 0.29) is 12.5 Å². The molecule has 0 aliphatic rings. The van der Waals surface area contributed by atoms with Crippen molar-refractivity contribution >= 4 is 27.5 Å². The van der Waals surface area contributed by atoms with Crippen LogP contribution in [0.3, 0.4) is 0 Å². The molecule has 1 amide bonds. The maximum absolute atomic E-state index is 12.2. The van der Waals surface area contributed by atoms with Crippen LogP contribution in [-0.2, 0) is 4.79 Å². The van der Waals surface area contributed by atoms with Crippen molar-refractivity contribution in [2.24, 2.45) is 0 Å². The van der Waals surface area contributed by atoms with Gasteiger partial charge in [0.2, 0.25) is 0 Å². The number of ether oxygens (including phenoxy) is 3. The highest BCUT2D eigenvalue weighted by Gasteiger charge is 2.12. The molecule has 5 nitrogen and oxygen atoms in total. The van der Waals surface area contributed by atoms with Gasteiger partial charge in [-0.1, -0.05) is 15.9 Å². The average molecular weight is 408 g/mol. The number of nitrogens with one attached hydrogen (secondary N) is 1. The minimum atomic E-state index is -0.246. The molecule has 25 heavy (non-hydrogen) atoms.